The predicted molar refractivity (Wildman–Crippen MR) is 80.7 cm³/mol. The van der Waals surface area contributed by atoms with Gasteiger partial charge in [-0.15, -0.1) is 0 Å². The van der Waals surface area contributed by atoms with Crippen molar-refractivity contribution >= 4 is 10.0 Å². The Morgan fingerprint density at radius 2 is 1.96 bits per heavy atom. The van der Waals surface area contributed by atoms with Gasteiger partial charge in [0.2, 0.25) is 0 Å². The number of aryl methyl sites for hydroxylation is 1. The minimum atomic E-state index is -3.76. The highest BCUT2D eigenvalue weighted by molar-refractivity contribution is 7.89. The molecule has 0 unspecified atom stereocenters. The summed E-state index contributed by atoms with van der Waals surface area (Å²) in [6.07, 6.45) is 2.91. The molecular weight excluding hydrogens is 322 g/mol. The van der Waals surface area contributed by atoms with Crippen molar-refractivity contribution in [3.63, 3.8) is 0 Å². The molecule has 1 aromatic heterocycles. The second kappa shape index (κ2) is 7.03. The molecule has 0 fully saturated rings. The molecule has 0 radical (unpaired) electrons. The molecule has 3 rings (SSSR count). The minimum Gasteiger partial charge on any atom is -0.486 e. The highest BCUT2D eigenvalue weighted by atomic mass is 32.2. The number of fused-ring (bicyclic) bond motifs is 1. The molecule has 1 aliphatic heterocycles. The molecule has 1 N–H and O–H groups in total. The summed E-state index contributed by atoms with van der Waals surface area (Å²) < 4.78 is 40.2. The van der Waals surface area contributed by atoms with Crippen molar-refractivity contribution in [2.24, 2.45) is 0 Å². The zero-order chi connectivity index (χ0) is 16.1. The average molecular weight is 339 g/mol. The Labute approximate surface area is 134 Å². The van der Waals surface area contributed by atoms with E-state index in [1.807, 2.05) is 6.07 Å². The van der Waals surface area contributed by atoms with Gasteiger partial charge in [-0.25, -0.2) is 8.42 Å². The van der Waals surface area contributed by atoms with Crippen molar-refractivity contribution in [2.75, 3.05) is 19.8 Å². The van der Waals surface area contributed by atoms with Crippen LogP contribution < -0.4 is 14.4 Å². The molecule has 7 nitrogen and oxygen atoms in total. The molecule has 0 saturated carbocycles. The summed E-state index contributed by atoms with van der Waals surface area (Å²) in [5, 5.41) is 0. The fraction of sp³-hybridized carbons (Fsp3) is 0.333. The maximum absolute atomic E-state index is 12.2. The van der Waals surface area contributed by atoms with Gasteiger partial charge in [0.25, 0.3) is 10.0 Å². The van der Waals surface area contributed by atoms with E-state index in [0.717, 1.165) is 5.76 Å². The Morgan fingerprint density at radius 1 is 1.13 bits per heavy atom. The Kier molecular flexibility index (Phi) is 4.85. The van der Waals surface area contributed by atoms with Gasteiger partial charge in [0.15, 0.2) is 11.5 Å². The van der Waals surface area contributed by atoms with E-state index in [2.05, 4.69) is 4.89 Å². The molecule has 0 amide bonds. The van der Waals surface area contributed by atoms with Crippen LogP contribution in [0.2, 0.25) is 0 Å². The first kappa shape index (κ1) is 15.9. The van der Waals surface area contributed by atoms with Crippen LogP contribution in [0.15, 0.2) is 45.9 Å². The fourth-order valence-electron chi connectivity index (χ4n) is 2.13. The maximum Gasteiger partial charge on any atom is 0.262 e. The lowest BCUT2D eigenvalue weighted by molar-refractivity contribution is 0.0905. The molecule has 1 aliphatic rings. The SMILES string of the molecule is O=S(=O)(NOCCCc1ccco1)c1ccc2c(c1)OCCO2. The van der Waals surface area contributed by atoms with Crippen LogP contribution in [0.5, 0.6) is 11.5 Å². The summed E-state index contributed by atoms with van der Waals surface area (Å²) in [6.45, 7) is 1.09. The second-order valence-electron chi connectivity index (χ2n) is 4.92. The third-order valence-electron chi connectivity index (χ3n) is 3.24. The van der Waals surface area contributed by atoms with Gasteiger partial charge in [-0.1, -0.05) is 4.89 Å². The normalized spacial score (nSPS) is 13.9. The monoisotopic (exact) mass is 339 g/mol. The molecule has 23 heavy (non-hydrogen) atoms. The Balaban J connectivity index is 1.52. The third kappa shape index (κ3) is 4.04. The van der Waals surface area contributed by atoms with Crippen molar-refractivity contribution in [3.8, 4) is 11.5 Å². The second-order valence-corrected chi connectivity index (χ2v) is 6.57. The Morgan fingerprint density at radius 3 is 2.74 bits per heavy atom. The van der Waals surface area contributed by atoms with E-state index in [9.17, 15) is 8.42 Å². The topological polar surface area (TPSA) is 87.0 Å². The van der Waals surface area contributed by atoms with Crippen molar-refractivity contribution in [2.45, 2.75) is 17.7 Å². The number of nitrogens with one attached hydrogen (secondary N) is 1. The molecule has 8 heteroatoms. The molecule has 0 atom stereocenters. The third-order valence-corrected chi connectivity index (χ3v) is 4.45. The van der Waals surface area contributed by atoms with Crippen molar-refractivity contribution in [1.82, 2.24) is 4.89 Å². The number of hydrogen-bond donors (Lipinski definition) is 1. The van der Waals surface area contributed by atoms with Gasteiger partial charge in [0.1, 0.15) is 19.0 Å². The number of hydrogen-bond acceptors (Lipinski definition) is 6. The number of ether oxygens (including phenoxy) is 2. The molecule has 0 bridgehead atoms. The summed E-state index contributed by atoms with van der Waals surface area (Å²) in [5.41, 5.74) is 0. The van der Waals surface area contributed by atoms with Gasteiger partial charge in [-0.3, -0.25) is 4.84 Å². The number of sulfonamides is 1. The van der Waals surface area contributed by atoms with Crippen LogP contribution in [0, 0.1) is 0 Å². The van der Waals surface area contributed by atoms with Crippen molar-refractivity contribution in [3.05, 3.63) is 42.4 Å². The number of furan rings is 1. The van der Waals surface area contributed by atoms with Gasteiger partial charge < -0.3 is 13.9 Å². The summed E-state index contributed by atoms with van der Waals surface area (Å²) in [7, 11) is -3.76. The zero-order valence-electron chi connectivity index (χ0n) is 12.4. The van der Waals surface area contributed by atoms with E-state index < -0.39 is 10.0 Å². The Bertz CT molecular complexity index is 741. The van der Waals surface area contributed by atoms with Crippen LogP contribution in [0.25, 0.3) is 0 Å². The first-order valence-electron chi connectivity index (χ1n) is 7.21. The maximum atomic E-state index is 12.2. The largest absolute Gasteiger partial charge is 0.486 e. The molecule has 2 heterocycles. The number of benzene rings is 1. The van der Waals surface area contributed by atoms with Crippen molar-refractivity contribution < 1.29 is 27.1 Å². The predicted octanol–water partition coefficient (Wildman–Crippen LogP) is 1.89. The molecule has 0 spiro atoms. The van der Waals surface area contributed by atoms with Crippen LogP contribution in [-0.4, -0.2) is 28.2 Å². The van der Waals surface area contributed by atoms with Crippen LogP contribution >= 0.6 is 0 Å². The van der Waals surface area contributed by atoms with E-state index >= 15 is 0 Å². The van der Waals surface area contributed by atoms with Gasteiger partial charge in [0.05, 0.1) is 17.8 Å². The highest BCUT2D eigenvalue weighted by Gasteiger charge is 2.19. The van der Waals surface area contributed by atoms with E-state index in [4.69, 9.17) is 18.7 Å². The molecular formula is C15H17NO6S. The molecule has 2 aromatic rings. The quantitative estimate of drug-likeness (QED) is 0.612. The minimum absolute atomic E-state index is 0.0628. The van der Waals surface area contributed by atoms with E-state index in [-0.39, 0.29) is 11.5 Å². The fourth-order valence-corrected chi connectivity index (χ4v) is 2.98. The van der Waals surface area contributed by atoms with Crippen LogP contribution in [-0.2, 0) is 21.3 Å². The van der Waals surface area contributed by atoms with E-state index in [1.165, 1.54) is 12.1 Å². The van der Waals surface area contributed by atoms with E-state index in [0.29, 0.717) is 37.6 Å². The molecule has 0 saturated heterocycles. The standard InChI is InChI=1S/C15H17NO6S/c17-23(18,16-22-8-2-4-12-3-1-7-19-12)13-5-6-14-15(11-13)21-10-9-20-14/h1,3,5-7,11,16H,2,4,8-10H2. The van der Waals surface area contributed by atoms with E-state index in [1.54, 1.807) is 18.4 Å². The lowest BCUT2D eigenvalue weighted by Crippen LogP contribution is -2.25. The van der Waals surface area contributed by atoms with Gasteiger partial charge in [0, 0.05) is 12.5 Å². The first-order chi connectivity index (χ1) is 11.1. The average Bonchev–Trinajstić information content (AvgIpc) is 3.07. The lowest BCUT2D eigenvalue weighted by atomic mass is 10.3. The Hall–Kier alpha value is -2.03. The summed E-state index contributed by atoms with van der Waals surface area (Å²) in [6, 6.07) is 8.10. The van der Waals surface area contributed by atoms with Crippen LogP contribution in [0.3, 0.4) is 0 Å². The van der Waals surface area contributed by atoms with Gasteiger partial charge >= 0.3 is 0 Å². The number of rotatable bonds is 7. The molecule has 124 valence electrons. The smallest absolute Gasteiger partial charge is 0.262 e. The summed E-state index contributed by atoms with van der Waals surface area (Å²) in [4.78, 5) is 7.21. The summed E-state index contributed by atoms with van der Waals surface area (Å²) in [5.74, 6) is 1.79. The van der Waals surface area contributed by atoms with Gasteiger partial charge in [-0.05, 0) is 30.7 Å². The van der Waals surface area contributed by atoms with Crippen LogP contribution in [0.1, 0.15) is 12.2 Å². The van der Waals surface area contributed by atoms with Gasteiger partial charge in [-0.2, -0.15) is 0 Å². The first-order valence-corrected chi connectivity index (χ1v) is 8.69. The van der Waals surface area contributed by atoms with Crippen LogP contribution in [0.4, 0.5) is 0 Å². The lowest BCUT2D eigenvalue weighted by Gasteiger charge is -2.18. The molecule has 1 aromatic carbocycles. The van der Waals surface area contributed by atoms with Crippen molar-refractivity contribution in [1.29, 1.82) is 0 Å². The summed E-state index contributed by atoms with van der Waals surface area (Å²) >= 11 is 0. The highest BCUT2D eigenvalue weighted by Crippen LogP contribution is 2.32. The molecule has 0 aliphatic carbocycles. The zero-order valence-corrected chi connectivity index (χ0v) is 13.2.